The molecule has 1 atom stereocenters. The highest BCUT2D eigenvalue weighted by molar-refractivity contribution is 7.89. The predicted octanol–water partition coefficient (Wildman–Crippen LogP) is 1.13. The summed E-state index contributed by atoms with van der Waals surface area (Å²) in [7, 11) is -3.49. The Morgan fingerprint density at radius 2 is 1.83 bits per heavy atom. The van der Waals surface area contributed by atoms with E-state index >= 15 is 0 Å². The number of rotatable bonds is 5. The maximum absolute atomic E-state index is 12.9. The lowest BCUT2D eigenvalue weighted by Crippen LogP contribution is -2.54. The molecule has 1 N–H and O–H groups in total. The molecule has 0 unspecified atom stereocenters. The highest BCUT2D eigenvalue weighted by Crippen LogP contribution is 2.22. The molecule has 134 valence electrons. The van der Waals surface area contributed by atoms with Crippen LogP contribution in [0.25, 0.3) is 0 Å². The molecule has 0 aromatic heterocycles. The maximum atomic E-state index is 12.9. The minimum atomic E-state index is -3.49. The quantitative estimate of drug-likeness (QED) is 0.862. The van der Waals surface area contributed by atoms with Crippen LogP contribution >= 0.6 is 0 Å². The summed E-state index contributed by atoms with van der Waals surface area (Å²) in [5.74, 6) is -0.0108. The van der Waals surface area contributed by atoms with Gasteiger partial charge in [-0.1, -0.05) is 12.1 Å². The number of piperazine rings is 1. The summed E-state index contributed by atoms with van der Waals surface area (Å²) in [5.41, 5.74) is 1.70. The number of benzene rings is 1. The van der Waals surface area contributed by atoms with Gasteiger partial charge in [0.05, 0.1) is 10.9 Å². The van der Waals surface area contributed by atoms with Crippen molar-refractivity contribution in [3.8, 4) is 0 Å². The lowest BCUT2D eigenvalue weighted by molar-refractivity contribution is -0.126. The van der Waals surface area contributed by atoms with Gasteiger partial charge in [0.1, 0.15) is 0 Å². The third-order valence-corrected chi connectivity index (χ3v) is 6.55. The molecule has 1 aliphatic rings. The Balaban J connectivity index is 2.08. The van der Waals surface area contributed by atoms with Crippen molar-refractivity contribution in [2.24, 2.45) is 0 Å². The average Bonchev–Trinajstić information content (AvgIpc) is 2.56. The molecule has 1 heterocycles. The van der Waals surface area contributed by atoms with Gasteiger partial charge in [0.15, 0.2) is 0 Å². The number of likely N-dealkylation sites (N-methyl/N-ethyl adjacent to an activating group) is 1. The van der Waals surface area contributed by atoms with Gasteiger partial charge in [0.25, 0.3) is 0 Å². The van der Waals surface area contributed by atoms with Gasteiger partial charge < -0.3 is 5.32 Å². The molecule has 1 fully saturated rings. The SMILES string of the molecule is CCNC(=O)[C@@H](C)N1CCN(S(=O)(=O)c2cc(C)ccc2C)CC1. The molecule has 1 aromatic rings. The van der Waals surface area contributed by atoms with Gasteiger partial charge in [-0.3, -0.25) is 9.69 Å². The lowest BCUT2D eigenvalue weighted by atomic mass is 10.2. The van der Waals surface area contributed by atoms with Crippen LogP contribution in [0, 0.1) is 13.8 Å². The van der Waals surface area contributed by atoms with Gasteiger partial charge in [0.2, 0.25) is 15.9 Å². The van der Waals surface area contributed by atoms with Crippen LogP contribution < -0.4 is 5.32 Å². The summed E-state index contributed by atoms with van der Waals surface area (Å²) < 4.78 is 27.3. The Hall–Kier alpha value is -1.44. The summed E-state index contributed by atoms with van der Waals surface area (Å²) in [4.78, 5) is 14.3. The molecular formula is C17H27N3O3S. The van der Waals surface area contributed by atoms with E-state index in [-0.39, 0.29) is 11.9 Å². The minimum Gasteiger partial charge on any atom is -0.355 e. The van der Waals surface area contributed by atoms with Crippen molar-refractivity contribution >= 4 is 15.9 Å². The van der Waals surface area contributed by atoms with Crippen molar-refractivity contribution in [3.05, 3.63) is 29.3 Å². The molecule has 1 aromatic carbocycles. The second-order valence-corrected chi connectivity index (χ2v) is 8.19. The number of hydrogen-bond acceptors (Lipinski definition) is 4. The first kappa shape index (κ1) is 18.9. The Kier molecular flexibility index (Phi) is 6.01. The van der Waals surface area contributed by atoms with E-state index in [0.29, 0.717) is 37.6 Å². The van der Waals surface area contributed by atoms with E-state index in [1.165, 1.54) is 4.31 Å². The van der Waals surface area contributed by atoms with Gasteiger partial charge in [-0.05, 0) is 44.9 Å². The van der Waals surface area contributed by atoms with Crippen molar-refractivity contribution in [2.45, 2.75) is 38.6 Å². The van der Waals surface area contributed by atoms with Crippen LogP contribution in [0.15, 0.2) is 23.1 Å². The summed E-state index contributed by atoms with van der Waals surface area (Å²) >= 11 is 0. The van der Waals surface area contributed by atoms with Gasteiger partial charge >= 0.3 is 0 Å². The minimum absolute atomic E-state index is 0.0108. The van der Waals surface area contributed by atoms with Crippen LogP contribution in [0.3, 0.4) is 0 Å². The molecule has 0 saturated carbocycles. The molecule has 0 radical (unpaired) electrons. The molecule has 7 heteroatoms. The van der Waals surface area contributed by atoms with Crippen LogP contribution in [0.4, 0.5) is 0 Å². The highest BCUT2D eigenvalue weighted by atomic mass is 32.2. The third kappa shape index (κ3) is 3.96. The van der Waals surface area contributed by atoms with Crippen molar-refractivity contribution < 1.29 is 13.2 Å². The standard InChI is InChI=1S/C17H27N3O3S/c1-5-18-17(21)15(4)19-8-10-20(11-9-19)24(22,23)16-12-13(2)6-7-14(16)3/h6-7,12,15H,5,8-11H2,1-4H3,(H,18,21)/t15-/m1/s1. The fourth-order valence-corrected chi connectivity index (χ4v) is 4.68. The molecule has 1 saturated heterocycles. The Bertz CT molecular complexity index is 695. The summed E-state index contributed by atoms with van der Waals surface area (Å²) in [6.07, 6.45) is 0. The third-order valence-electron chi connectivity index (χ3n) is 4.51. The predicted molar refractivity (Wildman–Crippen MR) is 94.4 cm³/mol. The highest BCUT2D eigenvalue weighted by Gasteiger charge is 2.32. The van der Waals surface area contributed by atoms with Gasteiger partial charge in [-0.15, -0.1) is 0 Å². The van der Waals surface area contributed by atoms with Crippen LogP contribution in [-0.4, -0.2) is 62.3 Å². The Morgan fingerprint density at radius 3 is 2.42 bits per heavy atom. The molecule has 0 aliphatic carbocycles. The fraction of sp³-hybridized carbons (Fsp3) is 0.588. The fourth-order valence-electron chi connectivity index (χ4n) is 2.94. The smallest absolute Gasteiger partial charge is 0.243 e. The summed E-state index contributed by atoms with van der Waals surface area (Å²) in [5, 5.41) is 2.81. The van der Waals surface area contributed by atoms with E-state index in [1.54, 1.807) is 6.07 Å². The van der Waals surface area contributed by atoms with Crippen molar-refractivity contribution in [2.75, 3.05) is 32.7 Å². The molecule has 2 rings (SSSR count). The number of carbonyl (C=O) groups excluding carboxylic acids is 1. The van der Waals surface area contributed by atoms with E-state index in [0.717, 1.165) is 11.1 Å². The van der Waals surface area contributed by atoms with Crippen LogP contribution in [0.2, 0.25) is 0 Å². The second kappa shape index (κ2) is 7.63. The lowest BCUT2D eigenvalue weighted by Gasteiger charge is -2.36. The van der Waals surface area contributed by atoms with Gasteiger partial charge in [-0.2, -0.15) is 4.31 Å². The Labute approximate surface area is 144 Å². The zero-order valence-corrected chi connectivity index (χ0v) is 15.7. The molecule has 1 aliphatic heterocycles. The monoisotopic (exact) mass is 353 g/mol. The van der Waals surface area contributed by atoms with Crippen LogP contribution in [0.1, 0.15) is 25.0 Å². The van der Waals surface area contributed by atoms with E-state index in [1.807, 2.05) is 44.7 Å². The number of hydrogen-bond donors (Lipinski definition) is 1. The number of amides is 1. The molecule has 1 amide bonds. The maximum Gasteiger partial charge on any atom is 0.243 e. The largest absolute Gasteiger partial charge is 0.355 e. The first-order chi connectivity index (χ1) is 11.3. The number of carbonyl (C=O) groups is 1. The van der Waals surface area contributed by atoms with E-state index < -0.39 is 10.0 Å². The number of aryl methyl sites for hydroxylation is 2. The summed E-state index contributed by atoms with van der Waals surface area (Å²) in [6, 6.07) is 5.25. The number of nitrogens with one attached hydrogen (secondary N) is 1. The zero-order chi connectivity index (χ0) is 17.9. The van der Waals surface area contributed by atoms with Crippen molar-refractivity contribution in [3.63, 3.8) is 0 Å². The van der Waals surface area contributed by atoms with E-state index in [2.05, 4.69) is 5.32 Å². The molecule has 24 heavy (non-hydrogen) atoms. The number of sulfonamides is 1. The Morgan fingerprint density at radius 1 is 1.21 bits per heavy atom. The van der Waals surface area contributed by atoms with E-state index in [4.69, 9.17) is 0 Å². The van der Waals surface area contributed by atoms with Crippen molar-refractivity contribution in [1.29, 1.82) is 0 Å². The molecule has 6 nitrogen and oxygen atoms in total. The zero-order valence-electron chi connectivity index (χ0n) is 14.9. The second-order valence-electron chi connectivity index (χ2n) is 6.28. The van der Waals surface area contributed by atoms with E-state index in [9.17, 15) is 13.2 Å². The van der Waals surface area contributed by atoms with Gasteiger partial charge in [0, 0.05) is 32.7 Å². The molecule has 0 spiro atoms. The number of nitrogens with zero attached hydrogens (tertiary/aromatic N) is 2. The normalized spacial score (nSPS) is 18.3. The topological polar surface area (TPSA) is 69.7 Å². The first-order valence-corrected chi connectivity index (χ1v) is 9.80. The first-order valence-electron chi connectivity index (χ1n) is 8.36. The molecular weight excluding hydrogens is 326 g/mol. The van der Waals surface area contributed by atoms with Crippen LogP contribution in [0.5, 0.6) is 0 Å². The summed E-state index contributed by atoms with van der Waals surface area (Å²) in [6.45, 7) is 9.98. The molecule has 0 bridgehead atoms. The van der Waals surface area contributed by atoms with Gasteiger partial charge in [-0.25, -0.2) is 8.42 Å². The average molecular weight is 353 g/mol. The van der Waals surface area contributed by atoms with Crippen LogP contribution in [-0.2, 0) is 14.8 Å². The van der Waals surface area contributed by atoms with Crippen molar-refractivity contribution in [1.82, 2.24) is 14.5 Å².